The van der Waals surface area contributed by atoms with Gasteiger partial charge >= 0.3 is 0 Å². The van der Waals surface area contributed by atoms with Crippen LogP contribution in [0.5, 0.6) is 5.75 Å². The highest BCUT2D eigenvalue weighted by molar-refractivity contribution is 5.81. The van der Waals surface area contributed by atoms with Crippen molar-refractivity contribution < 1.29 is 9.53 Å². The van der Waals surface area contributed by atoms with Crippen LogP contribution in [0.4, 0.5) is 0 Å². The van der Waals surface area contributed by atoms with Gasteiger partial charge in [0.1, 0.15) is 30.5 Å². The third kappa shape index (κ3) is 4.15. The third-order valence-electron chi connectivity index (χ3n) is 5.20. The highest BCUT2D eigenvalue weighted by atomic mass is 16.5. The van der Waals surface area contributed by atoms with Crippen LogP contribution in [0, 0.1) is 0 Å². The topological polar surface area (TPSA) is 86.3 Å². The fourth-order valence-electron chi connectivity index (χ4n) is 3.65. The van der Waals surface area contributed by atoms with Crippen molar-refractivity contribution in [1.29, 1.82) is 0 Å². The minimum absolute atomic E-state index is 0.0945. The average molecular weight is 426 g/mol. The molecule has 0 saturated carbocycles. The molecule has 0 aliphatic heterocycles. The molecule has 1 amide bonds. The second kappa shape index (κ2) is 8.89. The Morgan fingerprint density at radius 2 is 1.72 bits per heavy atom. The number of nitrogens with zero attached hydrogens (tertiary/aromatic N) is 5. The quantitative estimate of drug-likeness (QED) is 0.412. The maximum absolute atomic E-state index is 12.7. The lowest BCUT2D eigenvalue weighted by molar-refractivity contribution is -0.121. The molecular weight excluding hydrogens is 404 g/mol. The van der Waals surface area contributed by atoms with Crippen LogP contribution in [0.2, 0.25) is 0 Å². The number of carbonyl (C=O) groups is 1. The molecule has 0 fully saturated rings. The zero-order chi connectivity index (χ0) is 21.8. The first-order valence-electron chi connectivity index (χ1n) is 10.5. The van der Waals surface area contributed by atoms with E-state index in [2.05, 4.69) is 20.5 Å². The monoisotopic (exact) mass is 426 g/mol. The van der Waals surface area contributed by atoms with Gasteiger partial charge in [0.2, 0.25) is 5.91 Å². The average Bonchev–Trinajstić information content (AvgIpc) is 3.40. The predicted molar refractivity (Wildman–Crippen MR) is 120 cm³/mol. The Morgan fingerprint density at radius 1 is 0.906 bits per heavy atom. The van der Waals surface area contributed by atoms with Gasteiger partial charge in [-0.2, -0.15) is 0 Å². The second-order valence-electron chi connectivity index (χ2n) is 7.35. The predicted octanol–water partition coefficient (Wildman–Crippen LogP) is 3.02. The first-order chi connectivity index (χ1) is 15.8. The molecule has 32 heavy (non-hydrogen) atoms. The Morgan fingerprint density at radius 3 is 2.62 bits per heavy atom. The van der Waals surface area contributed by atoms with Crippen LogP contribution in [0.25, 0.3) is 16.7 Å². The van der Waals surface area contributed by atoms with Gasteiger partial charge in [0.15, 0.2) is 5.65 Å². The van der Waals surface area contributed by atoms with Gasteiger partial charge in [0, 0.05) is 19.2 Å². The van der Waals surface area contributed by atoms with Crippen molar-refractivity contribution in [2.24, 2.45) is 0 Å². The number of amides is 1. The zero-order valence-corrected chi connectivity index (χ0v) is 17.4. The van der Waals surface area contributed by atoms with E-state index in [4.69, 9.17) is 4.74 Å². The molecule has 3 aromatic heterocycles. The summed E-state index contributed by atoms with van der Waals surface area (Å²) in [5.74, 6) is 2.18. The normalized spacial score (nSPS) is 11.1. The number of hydrogen-bond acceptors (Lipinski definition) is 5. The van der Waals surface area contributed by atoms with Gasteiger partial charge in [-0.25, -0.2) is 4.98 Å². The second-order valence-corrected chi connectivity index (χ2v) is 7.35. The largest absolute Gasteiger partial charge is 0.486 e. The Kier molecular flexibility index (Phi) is 5.48. The van der Waals surface area contributed by atoms with Crippen molar-refractivity contribution in [2.75, 3.05) is 6.54 Å². The van der Waals surface area contributed by atoms with Gasteiger partial charge in [0.05, 0.1) is 11.0 Å². The number of para-hydroxylation sites is 3. The molecule has 0 aliphatic rings. The molecule has 2 aromatic carbocycles. The first-order valence-corrected chi connectivity index (χ1v) is 10.5. The van der Waals surface area contributed by atoms with Gasteiger partial charge in [0.25, 0.3) is 0 Å². The maximum atomic E-state index is 12.7. The summed E-state index contributed by atoms with van der Waals surface area (Å²) in [5, 5.41) is 11.3. The molecule has 0 saturated heterocycles. The lowest BCUT2D eigenvalue weighted by Gasteiger charge is -2.11. The van der Waals surface area contributed by atoms with E-state index in [1.165, 1.54) is 0 Å². The fraction of sp³-hybridized carbons (Fsp3) is 0.167. The lowest BCUT2D eigenvalue weighted by atomic mass is 10.3. The SMILES string of the molecule is O=C(Cn1c(COc2ccccc2)nc2ccccc21)NCCc1nnc2ccccn12. The van der Waals surface area contributed by atoms with Crippen molar-refractivity contribution in [3.05, 3.63) is 90.6 Å². The standard InChI is InChI=1S/C24H22N6O2/c31-24(25-14-13-22-28-27-21-12-6-7-15-29(21)22)16-30-20-11-5-4-10-19(20)26-23(30)17-32-18-8-2-1-3-9-18/h1-12,15H,13-14,16-17H2,(H,25,31). The highest BCUT2D eigenvalue weighted by Gasteiger charge is 2.14. The summed E-state index contributed by atoms with van der Waals surface area (Å²) < 4.78 is 9.71. The lowest BCUT2D eigenvalue weighted by Crippen LogP contribution is -2.30. The summed E-state index contributed by atoms with van der Waals surface area (Å²) in [6.07, 6.45) is 2.51. The van der Waals surface area contributed by atoms with Crippen LogP contribution in [-0.2, 0) is 24.4 Å². The number of ether oxygens (including phenoxy) is 1. The van der Waals surface area contributed by atoms with E-state index < -0.39 is 0 Å². The number of hydrogen-bond donors (Lipinski definition) is 1. The van der Waals surface area contributed by atoms with Gasteiger partial charge in [-0.15, -0.1) is 10.2 Å². The number of imidazole rings is 1. The van der Waals surface area contributed by atoms with Crippen molar-refractivity contribution >= 4 is 22.6 Å². The van der Waals surface area contributed by atoms with Crippen LogP contribution in [0.3, 0.4) is 0 Å². The van der Waals surface area contributed by atoms with Gasteiger partial charge < -0.3 is 14.6 Å². The summed E-state index contributed by atoms with van der Waals surface area (Å²) in [7, 11) is 0. The number of benzene rings is 2. The molecule has 160 valence electrons. The number of pyridine rings is 1. The number of aromatic nitrogens is 5. The summed E-state index contributed by atoms with van der Waals surface area (Å²) in [4.78, 5) is 17.4. The van der Waals surface area contributed by atoms with E-state index in [9.17, 15) is 4.79 Å². The Bertz CT molecular complexity index is 1360. The molecule has 0 radical (unpaired) electrons. The zero-order valence-electron chi connectivity index (χ0n) is 17.4. The fourth-order valence-corrected chi connectivity index (χ4v) is 3.65. The molecule has 0 unspecified atom stereocenters. The molecule has 5 aromatic rings. The summed E-state index contributed by atoms with van der Waals surface area (Å²) in [5.41, 5.74) is 2.53. The van der Waals surface area contributed by atoms with Crippen LogP contribution < -0.4 is 10.1 Å². The number of carbonyl (C=O) groups excluding carboxylic acids is 1. The van der Waals surface area contributed by atoms with E-state index in [0.29, 0.717) is 18.8 Å². The summed E-state index contributed by atoms with van der Waals surface area (Å²) in [6.45, 7) is 0.906. The Hall–Kier alpha value is -4.20. The smallest absolute Gasteiger partial charge is 0.240 e. The van der Waals surface area contributed by atoms with E-state index in [-0.39, 0.29) is 19.1 Å². The molecule has 0 spiro atoms. The van der Waals surface area contributed by atoms with Crippen LogP contribution in [0.15, 0.2) is 79.0 Å². The van der Waals surface area contributed by atoms with E-state index in [1.807, 2.05) is 88.0 Å². The number of fused-ring (bicyclic) bond motifs is 2. The summed E-state index contributed by atoms with van der Waals surface area (Å²) >= 11 is 0. The van der Waals surface area contributed by atoms with E-state index in [0.717, 1.165) is 28.3 Å². The molecule has 8 heteroatoms. The van der Waals surface area contributed by atoms with Crippen LogP contribution in [0.1, 0.15) is 11.6 Å². The van der Waals surface area contributed by atoms with E-state index >= 15 is 0 Å². The number of rotatable bonds is 8. The summed E-state index contributed by atoms with van der Waals surface area (Å²) in [6, 6.07) is 23.1. The highest BCUT2D eigenvalue weighted by Crippen LogP contribution is 2.18. The van der Waals surface area contributed by atoms with Crippen molar-refractivity contribution in [3.8, 4) is 5.75 Å². The molecule has 5 rings (SSSR count). The minimum Gasteiger partial charge on any atom is -0.486 e. The van der Waals surface area contributed by atoms with E-state index in [1.54, 1.807) is 0 Å². The van der Waals surface area contributed by atoms with Gasteiger partial charge in [-0.1, -0.05) is 36.4 Å². The molecule has 3 heterocycles. The molecule has 0 aliphatic carbocycles. The van der Waals surface area contributed by atoms with Crippen molar-refractivity contribution in [3.63, 3.8) is 0 Å². The molecule has 0 atom stereocenters. The Balaban J connectivity index is 1.26. The van der Waals surface area contributed by atoms with Gasteiger partial charge in [-0.3, -0.25) is 9.20 Å². The van der Waals surface area contributed by atoms with Crippen molar-refractivity contribution in [2.45, 2.75) is 19.6 Å². The molecule has 8 nitrogen and oxygen atoms in total. The maximum Gasteiger partial charge on any atom is 0.240 e. The first kappa shape index (κ1) is 19.7. The van der Waals surface area contributed by atoms with Crippen LogP contribution >= 0.6 is 0 Å². The third-order valence-corrected chi connectivity index (χ3v) is 5.20. The Labute approximate surface area is 184 Å². The van der Waals surface area contributed by atoms with Crippen LogP contribution in [-0.4, -0.2) is 36.6 Å². The van der Waals surface area contributed by atoms with Gasteiger partial charge in [-0.05, 0) is 36.4 Å². The molecule has 0 bridgehead atoms. The minimum atomic E-state index is -0.0945. The van der Waals surface area contributed by atoms with Crippen molar-refractivity contribution in [1.82, 2.24) is 29.5 Å². The molecular formula is C24H22N6O2. The molecule has 1 N–H and O–H groups in total. The number of nitrogens with one attached hydrogen (secondary N) is 1.